The minimum atomic E-state index is -0.995. The van der Waals surface area contributed by atoms with Crippen LogP contribution in [0.1, 0.15) is 24.8 Å². The normalized spacial score (nSPS) is 19.0. The van der Waals surface area contributed by atoms with E-state index in [1.807, 2.05) is 0 Å². The summed E-state index contributed by atoms with van der Waals surface area (Å²) in [6, 6.07) is 1.17. The highest BCUT2D eigenvalue weighted by atomic mass is 19.1. The van der Waals surface area contributed by atoms with Gasteiger partial charge in [-0.05, 0) is 12.8 Å². The van der Waals surface area contributed by atoms with E-state index in [0.29, 0.717) is 19.4 Å². The Hall–Kier alpha value is -1.98. The molecule has 1 aromatic carbocycles. The fourth-order valence-electron chi connectivity index (χ4n) is 2.58. The van der Waals surface area contributed by atoms with Gasteiger partial charge in [-0.1, -0.05) is 0 Å². The Balaban J connectivity index is 2.14. The highest BCUT2D eigenvalue weighted by Crippen LogP contribution is 2.58. The van der Waals surface area contributed by atoms with Crippen molar-refractivity contribution in [3.8, 4) is 17.2 Å². The van der Waals surface area contributed by atoms with Crippen molar-refractivity contribution in [3.63, 3.8) is 0 Å². The fourth-order valence-corrected chi connectivity index (χ4v) is 2.58. The van der Waals surface area contributed by atoms with Crippen LogP contribution in [0.3, 0.4) is 0 Å². The molecule has 1 aliphatic carbocycles. The second-order valence-corrected chi connectivity index (χ2v) is 4.96. The molecule has 5 nitrogen and oxygen atoms in total. The quantitative estimate of drug-likeness (QED) is 0.874. The average molecular weight is 268 g/mol. The fraction of sp³-hybridized carbons (Fsp3) is 0.462. The largest absolute Gasteiger partial charge is 0.505 e. The number of benzene rings is 1. The average Bonchev–Trinajstić information content (AvgIpc) is 3.10. The van der Waals surface area contributed by atoms with Crippen LogP contribution in [0.4, 0.5) is 4.39 Å². The molecule has 102 valence electrons. The molecule has 1 heterocycles. The van der Waals surface area contributed by atoms with E-state index in [-0.39, 0.29) is 30.1 Å². The number of aromatic hydroxyl groups is 1. The third kappa shape index (κ3) is 1.87. The summed E-state index contributed by atoms with van der Waals surface area (Å²) in [5, 5.41) is 18.6. The Bertz CT molecular complexity index is 550. The number of hydrogen-bond donors (Lipinski definition) is 2. The lowest BCUT2D eigenvalue weighted by Crippen LogP contribution is -2.22. The van der Waals surface area contributed by atoms with E-state index in [2.05, 4.69) is 0 Å². The van der Waals surface area contributed by atoms with E-state index >= 15 is 0 Å². The van der Waals surface area contributed by atoms with Crippen molar-refractivity contribution in [2.75, 3.05) is 13.2 Å². The molecule has 0 saturated heterocycles. The first-order valence-electron chi connectivity index (χ1n) is 6.07. The molecule has 0 unspecified atom stereocenters. The number of hydrogen-bond acceptors (Lipinski definition) is 4. The maximum absolute atomic E-state index is 14.2. The van der Waals surface area contributed by atoms with Gasteiger partial charge in [0.1, 0.15) is 13.2 Å². The van der Waals surface area contributed by atoms with Gasteiger partial charge >= 0.3 is 5.97 Å². The highest BCUT2D eigenvalue weighted by Gasteiger charge is 2.51. The second kappa shape index (κ2) is 4.01. The summed E-state index contributed by atoms with van der Waals surface area (Å²) in [6.45, 7) is 0.608. The number of rotatable bonds is 3. The first-order chi connectivity index (χ1) is 9.03. The van der Waals surface area contributed by atoms with Gasteiger partial charge < -0.3 is 19.7 Å². The number of phenols is 1. The minimum Gasteiger partial charge on any atom is -0.505 e. The molecule has 6 heteroatoms. The summed E-state index contributed by atoms with van der Waals surface area (Å²) >= 11 is 0. The Morgan fingerprint density at radius 3 is 2.68 bits per heavy atom. The number of carboxylic acids is 1. The Labute approximate surface area is 108 Å². The Kier molecular flexibility index (Phi) is 2.55. The molecule has 1 saturated carbocycles. The molecule has 0 atom stereocenters. The van der Waals surface area contributed by atoms with Crippen molar-refractivity contribution in [1.82, 2.24) is 0 Å². The number of carbonyl (C=O) groups is 1. The summed E-state index contributed by atoms with van der Waals surface area (Å²) in [5.74, 6) is -1.82. The molecule has 19 heavy (non-hydrogen) atoms. The first kappa shape index (κ1) is 12.1. The maximum atomic E-state index is 14.2. The van der Waals surface area contributed by atoms with E-state index in [1.165, 1.54) is 6.07 Å². The molecular formula is C13H13FO5. The molecular weight excluding hydrogens is 255 g/mol. The second-order valence-electron chi connectivity index (χ2n) is 4.96. The van der Waals surface area contributed by atoms with Gasteiger partial charge in [-0.25, -0.2) is 4.39 Å². The minimum absolute atomic E-state index is 0.143. The summed E-state index contributed by atoms with van der Waals surface area (Å²) in [7, 11) is 0. The van der Waals surface area contributed by atoms with Crippen LogP contribution in [-0.2, 0) is 10.2 Å². The van der Waals surface area contributed by atoms with Gasteiger partial charge in [0.15, 0.2) is 23.1 Å². The van der Waals surface area contributed by atoms with Gasteiger partial charge in [-0.2, -0.15) is 0 Å². The van der Waals surface area contributed by atoms with Crippen molar-refractivity contribution >= 4 is 5.97 Å². The van der Waals surface area contributed by atoms with E-state index < -0.39 is 23.0 Å². The monoisotopic (exact) mass is 268 g/mol. The first-order valence-corrected chi connectivity index (χ1v) is 6.07. The maximum Gasteiger partial charge on any atom is 0.304 e. The van der Waals surface area contributed by atoms with Gasteiger partial charge in [0.25, 0.3) is 0 Å². The molecule has 3 rings (SSSR count). The van der Waals surface area contributed by atoms with Crippen LogP contribution in [-0.4, -0.2) is 29.4 Å². The number of halogens is 1. The molecule has 0 spiro atoms. The van der Waals surface area contributed by atoms with Gasteiger partial charge in [-0.15, -0.1) is 0 Å². The summed E-state index contributed by atoms with van der Waals surface area (Å²) in [5.41, 5.74) is -0.635. The molecule has 2 aliphatic rings. The number of ether oxygens (including phenoxy) is 2. The lowest BCUT2D eigenvalue weighted by molar-refractivity contribution is -0.137. The van der Waals surface area contributed by atoms with Crippen LogP contribution < -0.4 is 9.47 Å². The van der Waals surface area contributed by atoms with Crippen molar-refractivity contribution in [1.29, 1.82) is 0 Å². The molecule has 1 aromatic rings. The topological polar surface area (TPSA) is 76.0 Å². The van der Waals surface area contributed by atoms with Crippen molar-refractivity contribution < 1.29 is 28.9 Å². The van der Waals surface area contributed by atoms with E-state index in [9.17, 15) is 14.3 Å². The smallest absolute Gasteiger partial charge is 0.304 e. The van der Waals surface area contributed by atoms with E-state index in [1.54, 1.807) is 0 Å². The van der Waals surface area contributed by atoms with E-state index in [4.69, 9.17) is 14.6 Å². The molecule has 0 bridgehead atoms. The Morgan fingerprint density at radius 1 is 1.37 bits per heavy atom. The lowest BCUT2D eigenvalue weighted by Gasteiger charge is -2.25. The highest BCUT2D eigenvalue weighted by molar-refractivity contribution is 5.71. The van der Waals surface area contributed by atoms with Crippen molar-refractivity contribution in [2.24, 2.45) is 0 Å². The third-order valence-electron chi connectivity index (χ3n) is 3.62. The molecule has 0 radical (unpaired) electrons. The van der Waals surface area contributed by atoms with Crippen molar-refractivity contribution in [3.05, 3.63) is 17.4 Å². The zero-order chi connectivity index (χ0) is 13.6. The summed E-state index contributed by atoms with van der Waals surface area (Å²) in [6.07, 6.45) is 0.952. The predicted octanol–water partition coefficient (Wildman–Crippen LogP) is 1.81. The van der Waals surface area contributed by atoms with Gasteiger partial charge in [-0.3, -0.25) is 4.79 Å². The number of aliphatic carboxylic acids is 1. The van der Waals surface area contributed by atoms with E-state index in [0.717, 1.165) is 0 Å². The predicted molar refractivity (Wildman–Crippen MR) is 62.2 cm³/mol. The number of fused-ring (bicyclic) bond motifs is 1. The van der Waals surface area contributed by atoms with Crippen LogP contribution in [0.2, 0.25) is 0 Å². The summed E-state index contributed by atoms with van der Waals surface area (Å²) < 4.78 is 25.0. The number of carboxylic acid groups (broad SMARTS) is 1. The van der Waals surface area contributed by atoms with Gasteiger partial charge in [0.05, 0.1) is 6.42 Å². The molecule has 2 N–H and O–H groups in total. The SMILES string of the molecule is O=C(O)CC1(c2c(F)c(O)cc3c2OCCO3)CC1. The Morgan fingerprint density at radius 2 is 2.05 bits per heavy atom. The lowest BCUT2D eigenvalue weighted by atomic mass is 9.90. The van der Waals surface area contributed by atoms with Crippen LogP contribution in [0, 0.1) is 5.82 Å². The third-order valence-corrected chi connectivity index (χ3v) is 3.62. The molecule has 0 amide bonds. The standard InChI is InChI=1S/C13H13FO5/c14-11-7(15)5-8-12(19-4-3-18-8)10(11)13(1-2-13)6-9(16)17/h5,15H,1-4,6H2,(H,16,17). The van der Waals surface area contributed by atoms with Crippen molar-refractivity contribution in [2.45, 2.75) is 24.7 Å². The van der Waals surface area contributed by atoms with Crippen LogP contribution in [0.25, 0.3) is 0 Å². The zero-order valence-electron chi connectivity index (χ0n) is 10.1. The van der Waals surface area contributed by atoms with Gasteiger partial charge in [0, 0.05) is 17.0 Å². The summed E-state index contributed by atoms with van der Waals surface area (Å²) in [4.78, 5) is 10.9. The molecule has 1 fully saturated rings. The van der Waals surface area contributed by atoms with Gasteiger partial charge in [0.2, 0.25) is 0 Å². The zero-order valence-corrected chi connectivity index (χ0v) is 10.1. The molecule has 0 aromatic heterocycles. The van der Waals surface area contributed by atoms with Crippen LogP contribution in [0.15, 0.2) is 6.07 Å². The van der Waals surface area contributed by atoms with Crippen LogP contribution >= 0.6 is 0 Å². The number of phenolic OH excluding ortho intramolecular Hbond substituents is 1. The van der Waals surface area contributed by atoms with Crippen LogP contribution in [0.5, 0.6) is 17.2 Å². The molecule has 1 aliphatic heterocycles.